The van der Waals surface area contributed by atoms with E-state index in [0.29, 0.717) is 22.5 Å². The summed E-state index contributed by atoms with van der Waals surface area (Å²) in [6.45, 7) is -0.336. The average molecular weight is 556 g/mol. The van der Waals surface area contributed by atoms with Crippen molar-refractivity contribution in [2.75, 3.05) is 5.32 Å². The molecule has 0 aliphatic heterocycles. The number of nitrogens with one attached hydrogen (secondary N) is 1. The van der Waals surface area contributed by atoms with Crippen LogP contribution in [0.2, 0.25) is 0 Å². The Labute approximate surface area is 229 Å². The van der Waals surface area contributed by atoms with E-state index in [2.05, 4.69) is 31.9 Å². The molecule has 0 aliphatic rings. The zero-order valence-electron chi connectivity index (χ0n) is 22.2. The number of aryl methyl sites for hydroxylation is 1. The highest BCUT2D eigenvalue weighted by Gasteiger charge is 2.23. The highest BCUT2D eigenvalue weighted by Crippen LogP contribution is 2.37. The smallest absolute Gasteiger partial charge is 0.387 e. The van der Waals surface area contributed by atoms with Crippen LogP contribution >= 0.6 is 0 Å². The maximum absolute atomic E-state index is 13.1. The van der Waals surface area contributed by atoms with Crippen molar-refractivity contribution in [3.8, 4) is 11.5 Å². The van der Waals surface area contributed by atoms with Gasteiger partial charge in [-0.2, -0.15) is 22.3 Å². The molecule has 2 aromatic carbocycles. The number of benzene rings is 2. The number of pyridine rings is 2. The van der Waals surface area contributed by atoms with Crippen LogP contribution in [0.25, 0.3) is 0 Å². The van der Waals surface area contributed by atoms with Gasteiger partial charge in [0.1, 0.15) is 5.82 Å². The summed E-state index contributed by atoms with van der Waals surface area (Å²) in [7, 11) is 0. The summed E-state index contributed by atoms with van der Waals surface area (Å²) in [4.78, 5) is 4.60. The second-order valence-electron chi connectivity index (χ2n) is 9.88. The van der Waals surface area contributed by atoms with Gasteiger partial charge in [0.2, 0.25) is 0 Å². The Hall–Kier alpha value is -4.34. The monoisotopic (exact) mass is 555 g/mol. The topological polar surface area (TPSA) is 70.3 Å². The van der Waals surface area contributed by atoms with Gasteiger partial charge in [0, 0.05) is 24.2 Å². The third-order valence-electron chi connectivity index (χ3n) is 6.52. The first-order chi connectivity index (χ1) is 19.0. The van der Waals surface area contributed by atoms with Crippen molar-refractivity contribution in [3.05, 3.63) is 118 Å². The Morgan fingerprint density at radius 2 is 1.48 bits per heavy atom. The Balaban J connectivity index is 1.67. The van der Waals surface area contributed by atoms with Gasteiger partial charge in [-0.3, -0.25) is 0 Å². The molecular formula is C30H29F4N3O3. The second-order valence-corrected chi connectivity index (χ2v) is 9.88. The summed E-state index contributed by atoms with van der Waals surface area (Å²) in [5.41, 5.74) is 3.87. The van der Waals surface area contributed by atoms with Crippen molar-refractivity contribution < 1.29 is 31.8 Å². The molecule has 6 nitrogen and oxygen atoms in total. The minimum absolute atomic E-state index is 0.368. The average Bonchev–Trinajstić information content (AvgIpc) is 2.89. The van der Waals surface area contributed by atoms with E-state index in [9.17, 15) is 22.8 Å². The van der Waals surface area contributed by atoms with E-state index in [-0.39, 0.29) is 0 Å². The highest BCUT2D eigenvalue weighted by atomic mass is 19.3. The van der Waals surface area contributed by atoms with E-state index in [1.54, 1.807) is 18.3 Å². The first-order valence-corrected chi connectivity index (χ1v) is 12.5. The number of hydrogen-bond donors (Lipinski definition) is 1. The van der Waals surface area contributed by atoms with Crippen molar-refractivity contribution in [1.29, 1.82) is 0 Å². The largest absolute Gasteiger partial charge is 0.619 e. The number of aromatic nitrogens is 2. The van der Waals surface area contributed by atoms with E-state index < -0.39 is 36.2 Å². The van der Waals surface area contributed by atoms with Crippen LogP contribution in [0.5, 0.6) is 11.5 Å². The maximum Gasteiger partial charge on any atom is 0.387 e. The van der Waals surface area contributed by atoms with Crippen molar-refractivity contribution in [1.82, 2.24) is 4.98 Å². The molecule has 2 heterocycles. The molecule has 4 rings (SSSR count). The molecule has 40 heavy (non-hydrogen) atoms. The molecule has 0 amide bonds. The van der Waals surface area contributed by atoms with Gasteiger partial charge in [0.05, 0.1) is 5.54 Å². The maximum atomic E-state index is 13.1. The van der Waals surface area contributed by atoms with Gasteiger partial charge >= 0.3 is 13.2 Å². The molecule has 0 fully saturated rings. The quantitative estimate of drug-likeness (QED) is 0.123. The van der Waals surface area contributed by atoms with Gasteiger partial charge in [-0.15, -0.1) is 0 Å². The minimum atomic E-state index is -3.24. The van der Waals surface area contributed by atoms with E-state index in [1.165, 1.54) is 30.6 Å². The van der Waals surface area contributed by atoms with Gasteiger partial charge in [0.15, 0.2) is 23.9 Å². The lowest BCUT2D eigenvalue weighted by molar-refractivity contribution is -0.605. The Kier molecular flexibility index (Phi) is 8.77. The van der Waals surface area contributed by atoms with E-state index in [0.717, 1.165) is 22.3 Å². The lowest BCUT2D eigenvalue weighted by Gasteiger charge is -2.28. The second kappa shape index (κ2) is 12.2. The van der Waals surface area contributed by atoms with Crippen molar-refractivity contribution >= 4 is 5.82 Å². The zero-order chi connectivity index (χ0) is 28.9. The van der Waals surface area contributed by atoms with Gasteiger partial charge in [-0.25, -0.2) is 4.98 Å². The molecule has 0 aliphatic carbocycles. The fraction of sp³-hybridized carbons (Fsp3) is 0.267. The molecule has 10 heteroatoms. The summed E-state index contributed by atoms with van der Waals surface area (Å²) in [6, 6.07) is 19.1. The summed E-state index contributed by atoms with van der Waals surface area (Å²) < 4.78 is 61.4. The molecule has 4 aromatic rings. The van der Waals surface area contributed by atoms with Crippen LogP contribution in [-0.4, -0.2) is 18.2 Å². The fourth-order valence-corrected chi connectivity index (χ4v) is 4.41. The molecule has 1 N–H and O–H groups in total. The third kappa shape index (κ3) is 7.40. The van der Waals surface area contributed by atoms with Crippen LogP contribution in [0.15, 0.2) is 85.3 Å². The summed E-state index contributed by atoms with van der Waals surface area (Å²) >= 11 is 0. The number of anilines is 1. The molecule has 0 radical (unpaired) electrons. The molecule has 0 saturated carbocycles. The summed E-state index contributed by atoms with van der Waals surface area (Å²) in [6.07, 6.45) is 4.75. The van der Waals surface area contributed by atoms with Crippen LogP contribution in [-0.2, 0) is 12.0 Å². The molecular weight excluding hydrogens is 526 g/mol. The summed E-state index contributed by atoms with van der Waals surface area (Å²) in [5.74, 6) is -0.812. The third-order valence-corrected chi connectivity index (χ3v) is 6.52. The zero-order valence-corrected chi connectivity index (χ0v) is 22.2. The number of hydrogen-bond acceptors (Lipinski definition) is 5. The molecule has 1 atom stereocenters. The van der Waals surface area contributed by atoms with Crippen LogP contribution in [0.3, 0.4) is 0 Å². The highest BCUT2D eigenvalue weighted by molar-refractivity contribution is 5.48. The molecule has 210 valence electrons. The lowest BCUT2D eigenvalue weighted by atomic mass is 9.86. The molecule has 1 unspecified atom stereocenters. The number of nitrogens with zero attached hydrogens (tertiary/aromatic N) is 2. The number of alkyl halides is 4. The lowest BCUT2D eigenvalue weighted by Crippen LogP contribution is -2.28. The van der Waals surface area contributed by atoms with E-state index >= 15 is 0 Å². The molecule has 0 saturated heterocycles. The number of rotatable bonds is 11. The normalized spacial score (nSPS) is 12.4. The van der Waals surface area contributed by atoms with Gasteiger partial charge < -0.3 is 20.0 Å². The van der Waals surface area contributed by atoms with Crippen LogP contribution < -0.4 is 19.5 Å². The van der Waals surface area contributed by atoms with E-state index in [1.807, 2.05) is 45.0 Å². The Bertz CT molecular complexity index is 1400. The van der Waals surface area contributed by atoms with Crippen molar-refractivity contribution in [2.24, 2.45) is 0 Å². The molecule has 0 bridgehead atoms. The van der Waals surface area contributed by atoms with E-state index in [4.69, 9.17) is 0 Å². The first kappa shape index (κ1) is 28.7. The molecule has 2 aromatic heterocycles. The fourth-order valence-electron chi connectivity index (χ4n) is 4.41. The number of halogens is 4. The first-order valence-electron chi connectivity index (χ1n) is 12.5. The Morgan fingerprint density at radius 3 is 2.08 bits per heavy atom. The number of ether oxygens (including phenoxy) is 2. The SMILES string of the molecule is Cc1ccc(C(C)(C)Nc2ccc(C(Cc3cc[n+]([O-])cc3)c3ccc(OC(F)F)c(OC(F)F)c3)cn2)cc1. The van der Waals surface area contributed by atoms with Crippen LogP contribution in [0.1, 0.15) is 47.6 Å². The Morgan fingerprint density at radius 1 is 0.850 bits per heavy atom. The van der Waals surface area contributed by atoms with Gasteiger partial charge in [-0.1, -0.05) is 42.0 Å². The minimum Gasteiger partial charge on any atom is -0.619 e. The predicted octanol–water partition coefficient (Wildman–Crippen LogP) is 6.95. The summed E-state index contributed by atoms with van der Waals surface area (Å²) in [5, 5.41) is 15.0. The van der Waals surface area contributed by atoms with Crippen molar-refractivity contribution in [2.45, 2.75) is 51.9 Å². The van der Waals surface area contributed by atoms with Crippen molar-refractivity contribution in [3.63, 3.8) is 0 Å². The van der Waals surface area contributed by atoms with Gasteiger partial charge in [0.25, 0.3) is 0 Å². The molecule has 0 spiro atoms. The van der Waals surface area contributed by atoms with Gasteiger partial charge in [-0.05, 0) is 67.6 Å². The van der Waals surface area contributed by atoms with Crippen LogP contribution in [0, 0.1) is 12.1 Å². The standard InChI is InChI=1S/C30H29F4N3O3/c1-19-4-8-23(9-5-19)30(2,3)36-27-11-7-22(18-35-27)24(16-20-12-14-37(38)15-13-20)21-6-10-25(39-28(31)32)26(17-21)40-29(33)34/h4-15,17-18,24,28-29H,16H2,1-3H3,(H,35,36). The van der Waals surface area contributed by atoms with Crippen LogP contribution in [0.4, 0.5) is 23.4 Å². The predicted molar refractivity (Wildman–Crippen MR) is 143 cm³/mol.